The van der Waals surface area contributed by atoms with Gasteiger partial charge in [-0.05, 0) is 19.4 Å². The summed E-state index contributed by atoms with van der Waals surface area (Å²) in [5.41, 5.74) is 5.38. The molecule has 0 heterocycles. The molecule has 14 nitrogen and oxygen atoms in total. The van der Waals surface area contributed by atoms with E-state index >= 15 is 0 Å². The molecule has 0 unspecified atom stereocenters. The summed E-state index contributed by atoms with van der Waals surface area (Å²) in [5, 5.41) is 35.2. The third-order valence-corrected chi connectivity index (χ3v) is 4.87. The summed E-state index contributed by atoms with van der Waals surface area (Å²) in [4.78, 5) is 58.0. The van der Waals surface area contributed by atoms with Gasteiger partial charge in [-0.15, -0.1) is 0 Å². The van der Waals surface area contributed by atoms with E-state index in [-0.39, 0.29) is 64.3 Å². The Balaban J connectivity index is 3.97. The largest absolute Gasteiger partial charge is 0.353 e. The van der Waals surface area contributed by atoms with E-state index in [4.69, 9.17) is 5.73 Å². The number of nitrogens with one attached hydrogen (secondary N) is 2. The van der Waals surface area contributed by atoms with E-state index in [1.54, 1.807) is 6.08 Å². The van der Waals surface area contributed by atoms with Crippen LogP contribution in [0.2, 0.25) is 0 Å². The Kier molecular flexibility index (Phi) is 18.9. The number of carbonyl (C=O) groups is 5. The Morgan fingerprint density at radius 3 is 1.65 bits per heavy atom. The second-order valence-corrected chi connectivity index (χ2v) is 7.99. The highest BCUT2D eigenvalue weighted by Gasteiger charge is 2.13. The molecule has 5 amide bonds. The molecular formula is C23H40N6O8. The van der Waals surface area contributed by atoms with E-state index < -0.39 is 23.6 Å². The average molecular weight is 529 g/mol. The number of carbonyl (C=O) groups excluding carboxylic acids is 5. The van der Waals surface area contributed by atoms with Crippen molar-refractivity contribution in [2.24, 2.45) is 5.73 Å². The van der Waals surface area contributed by atoms with Gasteiger partial charge in [0.25, 0.3) is 0 Å². The molecule has 210 valence electrons. The lowest BCUT2D eigenvalue weighted by Gasteiger charge is -2.14. The second kappa shape index (κ2) is 20.8. The topological polar surface area (TPSA) is 206 Å². The summed E-state index contributed by atoms with van der Waals surface area (Å²) in [5.74, 6) is -2.51. The molecule has 0 fully saturated rings. The molecule has 0 saturated heterocycles. The van der Waals surface area contributed by atoms with Crippen molar-refractivity contribution in [1.82, 2.24) is 25.8 Å². The van der Waals surface area contributed by atoms with E-state index in [2.05, 4.69) is 10.6 Å². The van der Waals surface area contributed by atoms with Gasteiger partial charge in [0.1, 0.15) is 0 Å². The molecule has 0 aliphatic rings. The molecule has 14 heteroatoms. The van der Waals surface area contributed by atoms with Gasteiger partial charge in [-0.3, -0.25) is 39.6 Å². The summed E-state index contributed by atoms with van der Waals surface area (Å²) >= 11 is 0. The van der Waals surface area contributed by atoms with Crippen LogP contribution in [0.5, 0.6) is 0 Å². The highest BCUT2D eigenvalue weighted by atomic mass is 16.5. The fourth-order valence-electron chi connectivity index (χ4n) is 2.67. The number of rotatable bonds is 19. The van der Waals surface area contributed by atoms with Crippen LogP contribution in [-0.2, 0) is 24.0 Å². The molecule has 0 aromatic rings. The molecule has 0 bridgehead atoms. The zero-order valence-corrected chi connectivity index (χ0v) is 21.3. The van der Waals surface area contributed by atoms with E-state index in [9.17, 15) is 39.6 Å². The number of hydroxylamine groups is 6. The smallest absolute Gasteiger partial charge is 0.246 e. The minimum Gasteiger partial charge on any atom is -0.353 e. The van der Waals surface area contributed by atoms with Gasteiger partial charge < -0.3 is 16.4 Å². The number of nitrogens with zero attached hydrogens (tertiary/aromatic N) is 3. The van der Waals surface area contributed by atoms with Gasteiger partial charge in [0.15, 0.2) is 0 Å². The minimum absolute atomic E-state index is 0.0151. The van der Waals surface area contributed by atoms with Gasteiger partial charge in [-0.2, -0.15) is 0 Å². The summed E-state index contributed by atoms with van der Waals surface area (Å²) in [6.45, 7) is 2.06. The van der Waals surface area contributed by atoms with Crippen LogP contribution in [0.25, 0.3) is 0 Å². The van der Waals surface area contributed by atoms with Crippen molar-refractivity contribution in [3.8, 4) is 0 Å². The lowest BCUT2D eigenvalue weighted by Crippen LogP contribution is -2.31. The number of nitrogens with two attached hydrogens (primary N) is 1. The zero-order chi connectivity index (χ0) is 28.1. The van der Waals surface area contributed by atoms with Gasteiger partial charge in [-0.1, -0.05) is 30.7 Å². The van der Waals surface area contributed by atoms with E-state index in [1.165, 1.54) is 25.2 Å². The van der Waals surface area contributed by atoms with Crippen LogP contribution < -0.4 is 16.4 Å². The molecule has 37 heavy (non-hydrogen) atoms. The quantitative estimate of drug-likeness (QED) is 0.0562. The Bertz CT molecular complexity index is 789. The highest BCUT2D eigenvalue weighted by Crippen LogP contribution is 2.00. The summed E-state index contributed by atoms with van der Waals surface area (Å²) in [6.07, 6.45) is 7.67. The first kappa shape index (κ1) is 33.7. The first-order valence-electron chi connectivity index (χ1n) is 12.1. The fraction of sp³-hybridized carbons (Fsp3) is 0.609. The number of amides is 5. The van der Waals surface area contributed by atoms with Crippen molar-refractivity contribution in [1.29, 1.82) is 0 Å². The van der Waals surface area contributed by atoms with Gasteiger partial charge in [0, 0.05) is 52.2 Å². The molecule has 0 aliphatic heterocycles. The Hall–Kier alpha value is -3.33. The van der Waals surface area contributed by atoms with Crippen molar-refractivity contribution < 1.29 is 39.6 Å². The average Bonchev–Trinajstić information content (AvgIpc) is 2.87. The summed E-state index contributed by atoms with van der Waals surface area (Å²) in [7, 11) is 0. The van der Waals surface area contributed by atoms with Crippen molar-refractivity contribution >= 4 is 29.5 Å². The van der Waals surface area contributed by atoms with E-state index in [0.29, 0.717) is 28.2 Å². The van der Waals surface area contributed by atoms with Crippen molar-refractivity contribution in [3.05, 3.63) is 24.3 Å². The molecular weight excluding hydrogens is 488 g/mol. The second-order valence-electron chi connectivity index (χ2n) is 7.99. The lowest BCUT2D eigenvalue weighted by atomic mass is 10.2. The Morgan fingerprint density at radius 1 is 0.676 bits per heavy atom. The lowest BCUT2D eigenvalue weighted by molar-refractivity contribution is -0.166. The number of hydrogen-bond acceptors (Lipinski definition) is 9. The Morgan fingerprint density at radius 2 is 1.16 bits per heavy atom. The standard InChI is InChI=1S/C23H40N6O8/c1-19(30)27(35)16-7-4-14-25-20(31)10-12-23(34)29(37)18-8-5-15-26-21(32)9-11-22(33)28(36)17-6-2-3-13-24/h4-5,7-8,35-37H,2-3,6,9-18,24H2,1H3,(H,25,31)(H,26,32). The third-order valence-electron chi connectivity index (χ3n) is 4.87. The van der Waals surface area contributed by atoms with Crippen molar-refractivity contribution in [2.75, 3.05) is 39.3 Å². The van der Waals surface area contributed by atoms with Crippen LogP contribution in [-0.4, -0.2) is 99.6 Å². The highest BCUT2D eigenvalue weighted by molar-refractivity contribution is 5.84. The maximum absolute atomic E-state index is 11.9. The maximum Gasteiger partial charge on any atom is 0.246 e. The molecule has 0 aromatic heterocycles. The molecule has 0 radical (unpaired) electrons. The molecule has 0 atom stereocenters. The van der Waals surface area contributed by atoms with Crippen LogP contribution in [0.4, 0.5) is 0 Å². The predicted octanol–water partition coefficient (Wildman–Crippen LogP) is -0.306. The number of hydrogen-bond donors (Lipinski definition) is 6. The van der Waals surface area contributed by atoms with E-state index in [0.717, 1.165) is 12.8 Å². The first-order valence-corrected chi connectivity index (χ1v) is 12.1. The van der Waals surface area contributed by atoms with Crippen LogP contribution in [0.15, 0.2) is 24.3 Å². The van der Waals surface area contributed by atoms with Crippen molar-refractivity contribution in [2.45, 2.75) is 51.9 Å². The van der Waals surface area contributed by atoms with Gasteiger partial charge >= 0.3 is 0 Å². The monoisotopic (exact) mass is 528 g/mol. The SMILES string of the molecule is CC(=O)N(O)CC=CCNC(=O)CCC(=O)N(O)CC=CCNC(=O)CCC(=O)N(O)CCCCCN. The van der Waals surface area contributed by atoms with E-state index in [1.807, 2.05) is 0 Å². The molecule has 0 saturated carbocycles. The first-order chi connectivity index (χ1) is 17.6. The van der Waals surface area contributed by atoms with Gasteiger partial charge in [-0.25, -0.2) is 15.2 Å². The summed E-state index contributed by atoms with van der Waals surface area (Å²) in [6, 6.07) is 0. The maximum atomic E-state index is 11.9. The summed E-state index contributed by atoms with van der Waals surface area (Å²) < 4.78 is 0. The fourth-order valence-corrected chi connectivity index (χ4v) is 2.67. The van der Waals surface area contributed by atoms with Crippen LogP contribution in [0.3, 0.4) is 0 Å². The molecule has 0 spiro atoms. The van der Waals surface area contributed by atoms with Crippen LogP contribution >= 0.6 is 0 Å². The van der Waals surface area contributed by atoms with Gasteiger partial charge in [0.2, 0.25) is 29.5 Å². The molecule has 0 aliphatic carbocycles. The molecule has 0 aromatic carbocycles. The zero-order valence-electron chi connectivity index (χ0n) is 21.3. The van der Waals surface area contributed by atoms with Gasteiger partial charge in [0.05, 0.1) is 13.1 Å². The normalized spacial score (nSPS) is 10.9. The third kappa shape index (κ3) is 18.6. The van der Waals surface area contributed by atoms with Crippen LogP contribution in [0.1, 0.15) is 51.9 Å². The Labute approximate surface area is 216 Å². The molecule has 7 N–H and O–H groups in total. The van der Waals surface area contributed by atoms with Crippen molar-refractivity contribution in [3.63, 3.8) is 0 Å². The van der Waals surface area contributed by atoms with Crippen LogP contribution in [0, 0.1) is 0 Å². The predicted molar refractivity (Wildman–Crippen MR) is 132 cm³/mol. The number of unbranched alkanes of at least 4 members (excludes halogenated alkanes) is 2. The minimum atomic E-state index is -0.660. The molecule has 0 rings (SSSR count).